The highest BCUT2D eigenvalue weighted by Gasteiger charge is 2.27. The number of carbonyl (C=O) groups excluding carboxylic acids is 1. The summed E-state index contributed by atoms with van der Waals surface area (Å²) in [6, 6.07) is 5.79. The summed E-state index contributed by atoms with van der Waals surface area (Å²) in [6.07, 6.45) is 1.18. The number of amides is 1. The Balaban J connectivity index is 2.31. The van der Waals surface area contributed by atoms with Crippen LogP contribution in [0.25, 0.3) is 0 Å². The smallest absolute Gasteiger partial charge is 0.248 e. The van der Waals surface area contributed by atoms with Gasteiger partial charge >= 0.3 is 0 Å². The van der Waals surface area contributed by atoms with Crippen molar-refractivity contribution in [1.29, 1.82) is 0 Å². The van der Waals surface area contributed by atoms with Crippen molar-refractivity contribution in [2.45, 2.75) is 26.3 Å². The summed E-state index contributed by atoms with van der Waals surface area (Å²) in [5.74, 6) is 0.242. The third-order valence-electron chi connectivity index (χ3n) is 3.41. The lowest BCUT2D eigenvalue weighted by Gasteiger charge is -2.25. The quantitative estimate of drug-likeness (QED) is 0.762. The van der Waals surface area contributed by atoms with E-state index in [2.05, 4.69) is 18.7 Å². The van der Waals surface area contributed by atoms with Crippen molar-refractivity contribution >= 4 is 17.3 Å². The number of nitrogen functional groups attached to an aromatic ring is 1. The van der Waals surface area contributed by atoms with E-state index in [0.717, 1.165) is 12.2 Å². The molecule has 1 aromatic rings. The van der Waals surface area contributed by atoms with E-state index in [1.54, 1.807) is 12.1 Å². The minimum absolute atomic E-state index is 0.439. The largest absolute Gasteiger partial charge is 0.397 e. The molecule has 0 aromatic heterocycles. The van der Waals surface area contributed by atoms with Gasteiger partial charge in [0.15, 0.2) is 0 Å². The second kappa shape index (κ2) is 4.28. The summed E-state index contributed by atoms with van der Waals surface area (Å²) in [4.78, 5) is 13.4. The number of rotatable bonds is 2. The molecule has 0 aliphatic carbocycles. The average molecular weight is 233 g/mol. The molecule has 1 heterocycles. The second-order valence-corrected chi connectivity index (χ2v) is 4.98. The summed E-state index contributed by atoms with van der Waals surface area (Å²) < 4.78 is 0. The van der Waals surface area contributed by atoms with Crippen LogP contribution in [0.5, 0.6) is 0 Å². The third kappa shape index (κ3) is 2.20. The van der Waals surface area contributed by atoms with Gasteiger partial charge in [-0.3, -0.25) is 4.79 Å². The molecular formula is C13H19N3O. The molecule has 1 saturated heterocycles. The monoisotopic (exact) mass is 233 g/mol. The van der Waals surface area contributed by atoms with Gasteiger partial charge in [0.25, 0.3) is 0 Å². The maximum absolute atomic E-state index is 11.1. The van der Waals surface area contributed by atoms with Crippen LogP contribution in [0.3, 0.4) is 0 Å². The van der Waals surface area contributed by atoms with Crippen molar-refractivity contribution in [2.75, 3.05) is 17.2 Å². The summed E-state index contributed by atoms with van der Waals surface area (Å²) in [7, 11) is 0. The normalized spacial score (nSPS) is 24.0. The molecule has 92 valence electrons. The van der Waals surface area contributed by atoms with Crippen LogP contribution in [0.1, 0.15) is 30.6 Å². The first-order chi connectivity index (χ1) is 7.99. The lowest BCUT2D eigenvalue weighted by atomic mass is 10.1. The van der Waals surface area contributed by atoms with Crippen molar-refractivity contribution in [1.82, 2.24) is 0 Å². The van der Waals surface area contributed by atoms with Crippen molar-refractivity contribution in [3.8, 4) is 0 Å². The van der Waals surface area contributed by atoms with Gasteiger partial charge in [-0.25, -0.2) is 0 Å². The van der Waals surface area contributed by atoms with E-state index in [1.165, 1.54) is 6.42 Å². The number of nitrogens with two attached hydrogens (primary N) is 2. The van der Waals surface area contributed by atoms with E-state index in [4.69, 9.17) is 11.5 Å². The summed E-state index contributed by atoms with van der Waals surface area (Å²) >= 11 is 0. The topological polar surface area (TPSA) is 72.3 Å². The lowest BCUT2D eigenvalue weighted by molar-refractivity contribution is 0.100. The zero-order valence-electron chi connectivity index (χ0n) is 10.3. The molecule has 1 amide bonds. The van der Waals surface area contributed by atoms with Gasteiger partial charge in [0.2, 0.25) is 5.91 Å². The Morgan fingerprint density at radius 2 is 2.12 bits per heavy atom. The average Bonchev–Trinajstić information content (AvgIpc) is 2.57. The molecule has 0 radical (unpaired) electrons. The Kier molecular flexibility index (Phi) is 2.96. The Labute approximate surface area is 102 Å². The molecule has 2 atom stereocenters. The first-order valence-corrected chi connectivity index (χ1v) is 5.95. The Hall–Kier alpha value is -1.71. The predicted octanol–water partition coefficient (Wildman–Crippen LogP) is 1.60. The van der Waals surface area contributed by atoms with Crippen LogP contribution in [-0.2, 0) is 0 Å². The van der Waals surface area contributed by atoms with Crippen LogP contribution >= 0.6 is 0 Å². The van der Waals surface area contributed by atoms with Gasteiger partial charge in [-0.2, -0.15) is 0 Å². The SMILES string of the molecule is CC1CC(C)N(c2ccc(C(N)=O)cc2N)C1. The minimum Gasteiger partial charge on any atom is -0.397 e. The molecule has 0 spiro atoms. The molecule has 2 unspecified atom stereocenters. The van der Waals surface area contributed by atoms with Crippen molar-refractivity contribution in [3.63, 3.8) is 0 Å². The molecule has 0 bridgehead atoms. The maximum Gasteiger partial charge on any atom is 0.248 e. The molecule has 1 aromatic carbocycles. The van der Waals surface area contributed by atoms with Crippen LogP contribution in [0.4, 0.5) is 11.4 Å². The number of hydrogen-bond acceptors (Lipinski definition) is 3. The lowest BCUT2D eigenvalue weighted by Crippen LogP contribution is -2.27. The number of anilines is 2. The Bertz CT molecular complexity index is 444. The number of carbonyl (C=O) groups is 1. The Morgan fingerprint density at radius 3 is 2.59 bits per heavy atom. The van der Waals surface area contributed by atoms with E-state index < -0.39 is 5.91 Å². The first kappa shape index (κ1) is 11.8. The van der Waals surface area contributed by atoms with E-state index in [9.17, 15) is 4.79 Å². The van der Waals surface area contributed by atoms with Crippen molar-refractivity contribution < 1.29 is 4.79 Å². The third-order valence-corrected chi connectivity index (χ3v) is 3.41. The summed E-state index contributed by atoms with van der Waals surface area (Å²) in [5.41, 5.74) is 13.3. The van der Waals surface area contributed by atoms with Gasteiger partial charge in [0.05, 0.1) is 11.4 Å². The van der Waals surface area contributed by atoms with E-state index >= 15 is 0 Å². The van der Waals surface area contributed by atoms with Gasteiger partial charge in [-0.1, -0.05) is 6.92 Å². The Morgan fingerprint density at radius 1 is 1.41 bits per heavy atom. The molecule has 4 heteroatoms. The molecule has 17 heavy (non-hydrogen) atoms. The predicted molar refractivity (Wildman–Crippen MR) is 70.0 cm³/mol. The van der Waals surface area contributed by atoms with Gasteiger partial charge in [-0.15, -0.1) is 0 Å². The highest BCUT2D eigenvalue weighted by molar-refractivity contribution is 5.95. The molecular weight excluding hydrogens is 214 g/mol. The standard InChI is InChI=1S/C13H19N3O/c1-8-5-9(2)16(7-8)12-4-3-10(13(15)17)6-11(12)14/h3-4,6,8-9H,5,7,14H2,1-2H3,(H2,15,17). The van der Waals surface area contributed by atoms with Gasteiger partial charge in [0, 0.05) is 18.2 Å². The minimum atomic E-state index is -0.439. The molecule has 4 nitrogen and oxygen atoms in total. The number of nitrogens with zero attached hydrogens (tertiary/aromatic N) is 1. The van der Waals surface area contributed by atoms with Crippen LogP contribution in [0.15, 0.2) is 18.2 Å². The second-order valence-electron chi connectivity index (χ2n) is 4.98. The van der Waals surface area contributed by atoms with Crippen molar-refractivity contribution in [2.24, 2.45) is 11.7 Å². The zero-order valence-corrected chi connectivity index (χ0v) is 10.3. The van der Waals surface area contributed by atoms with Crippen LogP contribution < -0.4 is 16.4 Å². The fourth-order valence-electron chi connectivity index (χ4n) is 2.60. The van der Waals surface area contributed by atoms with E-state index in [1.807, 2.05) is 6.07 Å². The fraction of sp³-hybridized carbons (Fsp3) is 0.462. The number of primary amides is 1. The molecule has 1 aliphatic heterocycles. The summed E-state index contributed by atoms with van der Waals surface area (Å²) in [6.45, 7) is 5.46. The molecule has 0 saturated carbocycles. The van der Waals surface area contributed by atoms with Gasteiger partial charge < -0.3 is 16.4 Å². The van der Waals surface area contributed by atoms with Crippen LogP contribution in [0.2, 0.25) is 0 Å². The van der Waals surface area contributed by atoms with E-state index in [-0.39, 0.29) is 0 Å². The number of benzene rings is 1. The highest BCUT2D eigenvalue weighted by Crippen LogP contribution is 2.32. The molecule has 2 rings (SSSR count). The van der Waals surface area contributed by atoms with E-state index in [0.29, 0.717) is 23.2 Å². The fourth-order valence-corrected chi connectivity index (χ4v) is 2.60. The number of hydrogen-bond donors (Lipinski definition) is 2. The maximum atomic E-state index is 11.1. The highest BCUT2D eigenvalue weighted by atomic mass is 16.1. The van der Waals surface area contributed by atoms with Gasteiger partial charge in [-0.05, 0) is 37.5 Å². The molecule has 1 aliphatic rings. The zero-order chi connectivity index (χ0) is 12.6. The van der Waals surface area contributed by atoms with Crippen molar-refractivity contribution in [3.05, 3.63) is 23.8 Å². The van der Waals surface area contributed by atoms with Crippen LogP contribution in [0, 0.1) is 5.92 Å². The summed E-state index contributed by atoms with van der Waals surface area (Å²) in [5, 5.41) is 0. The molecule has 4 N–H and O–H groups in total. The van der Waals surface area contributed by atoms with Crippen LogP contribution in [-0.4, -0.2) is 18.5 Å². The molecule has 1 fully saturated rings. The first-order valence-electron chi connectivity index (χ1n) is 5.95. The van der Waals surface area contributed by atoms with Gasteiger partial charge in [0.1, 0.15) is 0 Å².